The Hall–Kier alpha value is -3.20. The van der Waals surface area contributed by atoms with Gasteiger partial charge in [0.15, 0.2) is 0 Å². The minimum atomic E-state index is -2.70. The predicted octanol–water partition coefficient (Wildman–Crippen LogP) is 5.43. The first-order chi connectivity index (χ1) is 17.4. The number of ether oxygens (including phenoxy) is 1. The van der Waals surface area contributed by atoms with Gasteiger partial charge in [0.2, 0.25) is 5.91 Å². The summed E-state index contributed by atoms with van der Waals surface area (Å²) in [6, 6.07) is 9.07. The van der Waals surface area contributed by atoms with Crippen molar-refractivity contribution in [1.82, 2.24) is 10.6 Å². The smallest absolute Gasteiger partial charge is 0.272 e. The number of alkyl halides is 2. The summed E-state index contributed by atoms with van der Waals surface area (Å²) in [5, 5.41) is 8.54. The average molecular weight is 536 g/mol. The number of amides is 3. The number of rotatable bonds is 10. The van der Waals surface area contributed by atoms with Crippen LogP contribution < -0.4 is 20.7 Å². The molecular weight excluding hydrogens is 504 g/mol. The Morgan fingerprint density at radius 2 is 1.76 bits per heavy atom. The van der Waals surface area contributed by atoms with Gasteiger partial charge in [-0.15, -0.1) is 0 Å². The van der Waals surface area contributed by atoms with Crippen molar-refractivity contribution in [3.63, 3.8) is 0 Å². The van der Waals surface area contributed by atoms with Crippen LogP contribution in [0.5, 0.6) is 5.75 Å². The highest BCUT2D eigenvalue weighted by Crippen LogP contribution is 2.27. The second kappa shape index (κ2) is 12.4. The highest BCUT2D eigenvalue weighted by Gasteiger charge is 2.22. The number of hydrogen-bond donors (Lipinski definition) is 3. The van der Waals surface area contributed by atoms with E-state index in [1.165, 1.54) is 18.2 Å². The second-order valence-electron chi connectivity index (χ2n) is 10.1. The van der Waals surface area contributed by atoms with E-state index in [2.05, 4.69) is 16.0 Å². The molecule has 7 nitrogen and oxygen atoms in total. The zero-order chi connectivity index (χ0) is 27.2. The van der Waals surface area contributed by atoms with E-state index in [1.54, 1.807) is 39.0 Å². The molecule has 1 aliphatic carbocycles. The zero-order valence-electron chi connectivity index (χ0n) is 21.1. The van der Waals surface area contributed by atoms with Crippen molar-refractivity contribution in [2.45, 2.75) is 53.0 Å². The van der Waals surface area contributed by atoms with Gasteiger partial charge in [-0.05, 0) is 54.7 Å². The van der Waals surface area contributed by atoms with Crippen LogP contribution in [-0.4, -0.2) is 37.3 Å². The molecule has 3 rings (SSSR count). The molecule has 10 heteroatoms. The van der Waals surface area contributed by atoms with Gasteiger partial charge in [-0.25, -0.2) is 8.78 Å². The van der Waals surface area contributed by atoms with Crippen LogP contribution >= 0.6 is 11.6 Å². The van der Waals surface area contributed by atoms with E-state index in [-0.39, 0.29) is 40.0 Å². The summed E-state index contributed by atoms with van der Waals surface area (Å²) in [7, 11) is 0. The van der Waals surface area contributed by atoms with E-state index in [0.717, 1.165) is 19.3 Å². The van der Waals surface area contributed by atoms with Gasteiger partial charge >= 0.3 is 0 Å². The standard InChI is InChI=1S/C27H32ClF2N3O4/c1-27(2,3)26(36)32-14-17-7-9-21(28)19(11-17)25(35)33-18-8-10-22(37-15-23(29)30)20(12-18)24(34)31-13-16-5-4-6-16/h7-12,16,23H,4-6,13-15H2,1-3H3,(H,31,34)(H,32,36)(H,33,35). The third kappa shape index (κ3) is 8.15. The van der Waals surface area contributed by atoms with Crippen LogP contribution in [0.1, 0.15) is 66.3 Å². The average Bonchev–Trinajstić information content (AvgIpc) is 2.80. The summed E-state index contributed by atoms with van der Waals surface area (Å²) in [5.74, 6) is -0.734. The molecule has 0 bridgehead atoms. The predicted molar refractivity (Wildman–Crippen MR) is 138 cm³/mol. The topological polar surface area (TPSA) is 96.5 Å². The molecule has 1 aliphatic rings. The first-order valence-electron chi connectivity index (χ1n) is 12.2. The van der Waals surface area contributed by atoms with Crippen molar-refractivity contribution in [2.24, 2.45) is 11.3 Å². The summed E-state index contributed by atoms with van der Waals surface area (Å²) in [5.41, 5.74) is 0.616. The maximum atomic E-state index is 13.0. The molecule has 37 heavy (non-hydrogen) atoms. The maximum absolute atomic E-state index is 13.0. The van der Waals surface area contributed by atoms with Crippen LogP contribution in [0, 0.1) is 11.3 Å². The molecule has 0 spiro atoms. The fourth-order valence-corrected chi connectivity index (χ4v) is 3.80. The number of carbonyl (C=O) groups is 3. The molecule has 3 N–H and O–H groups in total. The number of carbonyl (C=O) groups excluding carboxylic acids is 3. The Labute approximate surface area is 220 Å². The number of nitrogens with one attached hydrogen (secondary N) is 3. The molecule has 0 atom stereocenters. The lowest BCUT2D eigenvalue weighted by atomic mass is 9.85. The largest absolute Gasteiger partial charge is 0.487 e. The van der Waals surface area contributed by atoms with E-state index in [1.807, 2.05) is 0 Å². The lowest BCUT2D eigenvalue weighted by molar-refractivity contribution is -0.128. The van der Waals surface area contributed by atoms with E-state index in [0.29, 0.717) is 18.0 Å². The maximum Gasteiger partial charge on any atom is 0.272 e. The highest BCUT2D eigenvalue weighted by molar-refractivity contribution is 6.34. The molecule has 1 saturated carbocycles. The van der Waals surface area contributed by atoms with Gasteiger partial charge in [-0.1, -0.05) is 44.9 Å². The van der Waals surface area contributed by atoms with E-state index < -0.39 is 30.3 Å². The molecule has 0 radical (unpaired) electrons. The van der Waals surface area contributed by atoms with Gasteiger partial charge in [0.25, 0.3) is 18.2 Å². The molecule has 200 valence electrons. The monoisotopic (exact) mass is 535 g/mol. The highest BCUT2D eigenvalue weighted by atomic mass is 35.5. The summed E-state index contributed by atoms with van der Waals surface area (Å²) in [6.07, 6.45) is 0.487. The third-order valence-electron chi connectivity index (χ3n) is 6.03. The summed E-state index contributed by atoms with van der Waals surface area (Å²) >= 11 is 6.26. The van der Waals surface area contributed by atoms with Crippen LogP contribution in [-0.2, 0) is 11.3 Å². The molecule has 1 fully saturated rings. The molecule has 0 aliphatic heterocycles. The van der Waals surface area contributed by atoms with Crippen LogP contribution in [0.2, 0.25) is 5.02 Å². The van der Waals surface area contributed by atoms with Crippen molar-refractivity contribution in [2.75, 3.05) is 18.5 Å². The Morgan fingerprint density at radius 1 is 1.03 bits per heavy atom. The number of halogens is 3. The van der Waals surface area contributed by atoms with Gasteiger partial charge in [0.05, 0.1) is 16.1 Å². The van der Waals surface area contributed by atoms with Crippen LogP contribution in [0.15, 0.2) is 36.4 Å². The first-order valence-corrected chi connectivity index (χ1v) is 12.5. The summed E-state index contributed by atoms with van der Waals surface area (Å²) in [4.78, 5) is 38.0. The Balaban J connectivity index is 1.75. The van der Waals surface area contributed by atoms with E-state index in [9.17, 15) is 23.2 Å². The van der Waals surface area contributed by atoms with Gasteiger partial charge in [-0.2, -0.15) is 0 Å². The number of hydrogen-bond acceptors (Lipinski definition) is 4. The molecule has 3 amide bonds. The lowest BCUT2D eigenvalue weighted by Gasteiger charge is -2.25. The fourth-order valence-electron chi connectivity index (χ4n) is 3.60. The first kappa shape index (κ1) is 28.4. The Kier molecular flexibility index (Phi) is 9.48. The molecular formula is C27H32ClF2N3O4. The fraction of sp³-hybridized carbons (Fsp3) is 0.444. The molecule has 0 aromatic heterocycles. The van der Waals surface area contributed by atoms with Crippen molar-refractivity contribution in [3.8, 4) is 5.75 Å². The van der Waals surface area contributed by atoms with Crippen molar-refractivity contribution < 1.29 is 27.9 Å². The van der Waals surface area contributed by atoms with Gasteiger partial charge < -0.3 is 20.7 Å². The SMILES string of the molecule is CC(C)(C)C(=O)NCc1ccc(Cl)c(C(=O)Nc2ccc(OCC(F)F)c(C(=O)NCC3CCC3)c2)c1. The number of benzene rings is 2. The van der Waals surface area contributed by atoms with Gasteiger partial charge in [0, 0.05) is 24.2 Å². The molecule has 0 saturated heterocycles. The molecule has 2 aromatic carbocycles. The molecule has 0 unspecified atom stereocenters. The van der Waals surface area contributed by atoms with E-state index in [4.69, 9.17) is 16.3 Å². The van der Waals surface area contributed by atoms with Crippen LogP contribution in [0.4, 0.5) is 14.5 Å². The van der Waals surface area contributed by atoms with Gasteiger partial charge in [-0.3, -0.25) is 14.4 Å². The zero-order valence-corrected chi connectivity index (χ0v) is 21.9. The van der Waals surface area contributed by atoms with E-state index >= 15 is 0 Å². The van der Waals surface area contributed by atoms with Crippen molar-refractivity contribution >= 4 is 35.0 Å². The van der Waals surface area contributed by atoms with Crippen LogP contribution in [0.3, 0.4) is 0 Å². The third-order valence-corrected chi connectivity index (χ3v) is 6.36. The molecule has 2 aromatic rings. The summed E-state index contributed by atoms with van der Waals surface area (Å²) < 4.78 is 30.6. The second-order valence-corrected chi connectivity index (χ2v) is 10.5. The normalized spacial score (nSPS) is 13.6. The molecule has 0 heterocycles. The minimum absolute atomic E-state index is 0.000900. The lowest BCUT2D eigenvalue weighted by Crippen LogP contribution is -2.34. The van der Waals surface area contributed by atoms with Crippen molar-refractivity contribution in [3.05, 3.63) is 58.1 Å². The minimum Gasteiger partial charge on any atom is -0.487 e. The van der Waals surface area contributed by atoms with Crippen LogP contribution in [0.25, 0.3) is 0 Å². The Bertz CT molecular complexity index is 1150. The van der Waals surface area contributed by atoms with Gasteiger partial charge in [0.1, 0.15) is 12.4 Å². The summed E-state index contributed by atoms with van der Waals surface area (Å²) in [6.45, 7) is 5.24. The quantitative estimate of drug-likeness (QED) is 0.378. The number of anilines is 1. The Morgan fingerprint density at radius 3 is 2.38 bits per heavy atom. The van der Waals surface area contributed by atoms with Crippen molar-refractivity contribution in [1.29, 1.82) is 0 Å².